The predicted molar refractivity (Wildman–Crippen MR) is 89.6 cm³/mol. The van der Waals surface area contributed by atoms with Gasteiger partial charge in [0, 0.05) is 18.1 Å². The summed E-state index contributed by atoms with van der Waals surface area (Å²) in [6.45, 7) is 5.76. The molecule has 3 rings (SSSR count). The average Bonchev–Trinajstić information content (AvgIpc) is 2.96. The third kappa shape index (κ3) is 3.57. The second-order valence-electron chi connectivity index (χ2n) is 7.11. The topological polar surface area (TPSA) is 23.6 Å². The molecule has 0 spiro atoms. The van der Waals surface area contributed by atoms with E-state index in [1.165, 1.54) is 18.6 Å². The summed E-state index contributed by atoms with van der Waals surface area (Å²) in [5.74, 6) is 0.0454. The van der Waals surface area contributed by atoms with Gasteiger partial charge in [-0.3, -0.25) is 9.69 Å². The Balaban J connectivity index is 1.68. The molecule has 0 saturated carbocycles. The largest absolute Gasteiger partial charge is 0.336 e. The van der Waals surface area contributed by atoms with E-state index in [1.807, 2.05) is 12.1 Å². The molecule has 3 nitrogen and oxygen atoms in total. The molecule has 1 amide bonds. The Morgan fingerprint density at radius 1 is 1.09 bits per heavy atom. The fraction of sp³-hybridized carbons (Fsp3) is 0.632. The van der Waals surface area contributed by atoms with Gasteiger partial charge in [-0.15, -0.1) is 0 Å². The van der Waals surface area contributed by atoms with Crippen LogP contribution in [0.5, 0.6) is 0 Å². The van der Waals surface area contributed by atoms with Gasteiger partial charge in [-0.05, 0) is 70.2 Å². The standard InChI is InChI=1S/C19H27FN2O/c1-14-5-3-6-15(2)22(14)19(23)13-21-12-4-7-18(21)16-8-10-17(20)11-9-16/h8-11,14-15,18H,3-7,12-13H2,1-2H3. The summed E-state index contributed by atoms with van der Waals surface area (Å²) in [6.07, 6.45) is 5.58. The number of carbonyl (C=O) groups excluding carboxylic acids is 1. The van der Waals surface area contributed by atoms with E-state index < -0.39 is 0 Å². The molecule has 2 heterocycles. The van der Waals surface area contributed by atoms with Gasteiger partial charge in [-0.25, -0.2) is 4.39 Å². The summed E-state index contributed by atoms with van der Waals surface area (Å²) < 4.78 is 13.1. The number of hydrogen-bond donors (Lipinski definition) is 0. The van der Waals surface area contributed by atoms with Crippen molar-refractivity contribution in [3.8, 4) is 0 Å². The average molecular weight is 318 g/mol. The van der Waals surface area contributed by atoms with E-state index in [9.17, 15) is 9.18 Å². The minimum atomic E-state index is -0.203. The molecule has 0 aromatic heterocycles. The molecule has 0 radical (unpaired) electrons. The summed E-state index contributed by atoms with van der Waals surface area (Å²) in [5.41, 5.74) is 1.12. The van der Waals surface area contributed by atoms with Crippen molar-refractivity contribution in [2.75, 3.05) is 13.1 Å². The summed E-state index contributed by atoms with van der Waals surface area (Å²) in [7, 11) is 0. The van der Waals surface area contributed by atoms with Gasteiger partial charge >= 0.3 is 0 Å². The van der Waals surface area contributed by atoms with E-state index in [4.69, 9.17) is 0 Å². The Bertz CT molecular complexity index is 535. The summed E-state index contributed by atoms with van der Waals surface area (Å²) >= 11 is 0. The Morgan fingerprint density at radius 2 is 1.74 bits per heavy atom. The number of benzene rings is 1. The molecule has 2 fully saturated rings. The number of nitrogens with zero attached hydrogens (tertiary/aromatic N) is 2. The van der Waals surface area contributed by atoms with Crippen molar-refractivity contribution >= 4 is 5.91 Å². The zero-order valence-corrected chi connectivity index (χ0v) is 14.2. The maximum Gasteiger partial charge on any atom is 0.237 e. The molecule has 126 valence electrons. The SMILES string of the molecule is CC1CCCC(C)N1C(=O)CN1CCCC1c1ccc(F)cc1. The molecule has 4 heteroatoms. The molecule has 3 atom stereocenters. The van der Waals surface area contributed by atoms with E-state index in [-0.39, 0.29) is 17.8 Å². The zero-order chi connectivity index (χ0) is 16.4. The predicted octanol–water partition coefficient (Wildman–Crippen LogP) is 3.75. The number of rotatable bonds is 3. The molecule has 2 saturated heterocycles. The van der Waals surface area contributed by atoms with Crippen LogP contribution in [-0.2, 0) is 4.79 Å². The van der Waals surface area contributed by atoms with E-state index in [0.717, 1.165) is 37.8 Å². The highest BCUT2D eigenvalue weighted by Gasteiger charge is 2.33. The Kier molecular flexibility index (Phi) is 5.00. The third-order valence-corrected chi connectivity index (χ3v) is 5.44. The van der Waals surface area contributed by atoms with E-state index >= 15 is 0 Å². The lowest BCUT2D eigenvalue weighted by Gasteiger charge is -2.40. The fourth-order valence-electron chi connectivity index (χ4n) is 4.25. The van der Waals surface area contributed by atoms with Crippen LogP contribution >= 0.6 is 0 Å². The van der Waals surface area contributed by atoms with Crippen molar-refractivity contribution in [2.45, 2.75) is 64.1 Å². The zero-order valence-electron chi connectivity index (χ0n) is 14.2. The second kappa shape index (κ2) is 7.00. The lowest BCUT2D eigenvalue weighted by atomic mass is 9.97. The maximum absolute atomic E-state index is 13.1. The molecule has 23 heavy (non-hydrogen) atoms. The Labute approximate surface area is 138 Å². The third-order valence-electron chi connectivity index (χ3n) is 5.44. The van der Waals surface area contributed by atoms with Crippen LogP contribution in [0.4, 0.5) is 4.39 Å². The highest BCUT2D eigenvalue weighted by atomic mass is 19.1. The quantitative estimate of drug-likeness (QED) is 0.847. The normalized spacial score (nSPS) is 29.0. The first kappa shape index (κ1) is 16.4. The van der Waals surface area contributed by atoms with E-state index in [1.54, 1.807) is 0 Å². The number of likely N-dealkylation sites (tertiary alicyclic amines) is 2. The molecule has 0 N–H and O–H groups in total. The number of carbonyl (C=O) groups is 1. The van der Waals surface area contributed by atoms with Crippen LogP contribution < -0.4 is 0 Å². The van der Waals surface area contributed by atoms with Crippen LogP contribution in [0.25, 0.3) is 0 Å². The van der Waals surface area contributed by atoms with Gasteiger partial charge in [0.15, 0.2) is 0 Å². The molecule has 0 bridgehead atoms. The molecule has 0 aliphatic carbocycles. The van der Waals surface area contributed by atoms with Gasteiger partial charge in [0.05, 0.1) is 6.54 Å². The number of amides is 1. The number of hydrogen-bond acceptors (Lipinski definition) is 2. The van der Waals surface area contributed by atoms with Crippen LogP contribution in [0.2, 0.25) is 0 Å². The highest BCUT2D eigenvalue weighted by Crippen LogP contribution is 2.32. The monoisotopic (exact) mass is 318 g/mol. The van der Waals surface area contributed by atoms with Crippen LogP contribution in [0.1, 0.15) is 57.6 Å². The van der Waals surface area contributed by atoms with Crippen LogP contribution in [0.3, 0.4) is 0 Å². The summed E-state index contributed by atoms with van der Waals surface area (Å²) in [4.78, 5) is 17.2. The smallest absolute Gasteiger partial charge is 0.237 e. The Hall–Kier alpha value is -1.42. The van der Waals surface area contributed by atoms with Crippen LogP contribution in [-0.4, -0.2) is 40.9 Å². The minimum Gasteiger partial charge on any atom is -0.336 e. The van der Waals surface area contributed by atoms with Crippen LogP contribution in [0, 0.1) is 5.82 Å². The van der Waals surface area contributed by atoms with Crippen molar-refractivity contribution in [1.29, 1.82) is 0 Å². The molecule has 1 aromatic carbocycles. The van der Waals surface area contributed by atoms with Gasteiger partial charge < -0.3 is 4.90 Å². The van der Waals surface area contributed by atoms with Crippen molar-refractivity contribution in [1.82, 2.24) is 9.80 Å². The van der Waals surface area contributed by atoms with Crippen LogP contribution in [0.15, 0.2) is 24.3 Å². The number of piperidine rings is 1. The van der Waals surface area contributed by atoms with Gasteiger partial charge in [0.25, 0.3) is 0 Å². The van der Waals surface area contributed by atoms with Gasteiger partial charge in [0.1, 0.15) is 5.82 Å². The second-order valence-corrected chi connectivity index (χ2v) is 7.11. The molecule has 3 unspecified atom stereocenters. The minimum absolute atomic E-state index is 0.203. The van der Waals surface area contributed by atoms with Crippen molar-refractivity contribution in [3.05, 3.63) is 35.6 Å². The molecule has 1 aromatic rings. The first-order valence-electron chi connectivity index (χ1n) is 8.87. The van der Waals surface area contributed by atoms with Gasteiger partial charge in [-0.2, -0.15) is 0 Å². The van der Waals surface area contributed by atoms with Gasteiger partial charge in [-0.1, -0.05) is 12.1 Å². The van der Waals surface area contributed by atoms with Crippen molar-refractivity contribution in [2.24, 2.45) is 0 Å². The first-order valence-corrected chi connectivity index (χ1v) is 8.87. The lowest BCUT2D eigenvalue weighted by Crippen LogP contribution is -2.51. The van der Waals surface area contributed by atoms with E-state index in [2.05, 4.69) is 23.6 Å². The number of halogens is 1. The van der Waals surface area contributed by atoms with Crippen molar-refractivity contribution < 1.29 is 9.18 Å². The summed E-state index contributed by atoms with van der Waals surface area (Å²) in [5, 5.41) is 0. The molecular weight excluding hydrogens is 291 g/mol. The highest BCUT2D eigenvalue weighted by molar-refractivity contribution is 5.79. The maximum atomic E-state index is 13.1. The lowest BCUT2D eigenvalue weighted by molar-refractivity contribution is -0.138. The van der Waals surface area contributed by atoms with Gasteiger partial charge in [0.2, 0.25) is 5.91 Å². The Morgan fingerprint density at radius 3 is 2.39 bits per heavy atom. The van der Waals surface area contributed by atoms with Crippen molar-refractivity contribution in [3.63, 3.8) is 0 Å². The molecular formula is C19H27FN2O. The first-order chi connectivity index (χ1) is 11.1. The summed E-state index contributed by atoms with van der Waals surface area (Å²) in [6, 6.07) is 7.68. The van der Waals surface area contributed by atoms with E-state index in [0.29, 0.717) is 18.6 Å². The molecule has 2 aliphatic heterocycles. The molecule has 2 aliphatic rings. The fourth-order valence-corrected chi connectivity index (χ4v) is 4.25.